The van der Waals surface area contributed by atoms with Gasteiger partial charge in [-0.2, -0.15) is 0 Å². The van der Waals surface area contributed by atoms with Crippen LogP contribution in [0.1, 0.15) is 13.8 Å². The molecule has 1 heterocycles. The molecule has 0 saturated carbocycles. The average Bonchev–Trinajstić information content (AvgIpc) is 2.37. The molecule has 2 rings (SSSR count). The molecule has 1 aliphatic rings. The second kappa shape index (κ2) is 6.64. The number of amides is 1. The first-order valence-electron chi connectivity index (χ1n) is 6.98. The SMILES string of the molecule is C[C@H]1C[NH+](CC(=O)Nc2ccccc2[N+](=O)[O-])C[C@H](C)O1. The Morgan fingerprint density at radius 3 is 2.62 bits per heavy atom. The molecule has 1 amide bonds. The van der Waals surface area contributed by atoms with Crippen molar-refractivity contribution in [3.63, 3.8) is 0 Å². The van der Waals surface area contributed by atoms with Gasteiger partial charge in [0.1, 0.15) is 31.0 Å². The number of hydrogen-bond acceptors (Lipinski definition) is 4. The number of nitrogens with one attached hydrogen (secondary N) is 2. The molecule has 1 fully saturated rings. The van der Waals surface area contributed by atoms with Crippen LogP contribution >= 0.6 is 0 Å². The first kappa shape index (κ1) is 15.4. The van der Waals surface area contributed by atoms with E-state index >= 15 is 0 Å². The Morgan fingerprint density at radius 1 is 1.38 bits per heavy atom. The summed E-state index contributed by atoms with van der Waals surface area (Å²) in [5, 5.41) is 13.5. The van der Waals surface area contributed by atoms with Crippen LogP contribution in [0, 0.1) is 10.1 Å². The Kier molecular flexibility index (Phi) is 4.87. The van der Waals surface area contributed by atoms with Crippen molar-refractivity contribution in [3.8, 4) is 0 Å². The number of carbonyl (C=O) groups is 1. The number of carbonyl (C=O) groups excluding carboxylic acids is 1. The van der Waals surface area contributed by atoms with Crippen molar-refractivity contribution in [1.29, 1.82) is 0 Å². The van der Waals surface area contributed by atoms with Crippen molar-refractivity contribution in [1.82, 2.24) is 0 Å². The summed E-state index contributed by atoms with van der Waals surface area (Å²) in [6.07, 6.45) is 0.227. The normalized spacial score (nSPS) is 25.3. The van der Waals surface area contributed by atoms with Crippen LogP contribution < -0.4 is 10.2 Å². The molecule has 1 aromatic rings. The topological polar surface area (TPSA) is 85.9 Å². The van der Waals surface area contributed by atoms with Gasteiger partial charge in [0.15, 0.2) is 6.54 Å². The number of nitro benzene ring substituents is 1. The Hall–Kier alpha value is -1.99. The molecule has 0 aliphatic carbocycles. The zero-order chi connectivity index (χ0) is 15.4. The highest BCUT2D eigenvalue weighted by molar-refractivity contribution is 5.93. The smallest absolute Gasteiger partial charge is 0.292 e. The minimum atomic E-state index is -0.499. The minimum Gasteiger partial charge on any atom is -0.364 e. The average molecular weight is 294 g/mol. The summed E-state index contributed by atoms with van der Waals surface area (Å²) >= 11 is 0. The fourth-order valence-electron chi connectivity index (χ4n) is 2.69. The van der Waals surface area contributed by atoms with E-state index in [0.29, 0.717) is 0 Å². The van der Waals surface area contributed by atoms with Crippen LogP contribution in [0.4, 0.5) is 11.4 Å². The number of nitro groups is 1. The third-order valence-electron chi connectivity index (χ3n) is 3.40. The van der Waals surface area contributed by atoms with E-state index in [2.05, 4.69) is 5.32 Å². The van der Waals surface area contributed by atoms with Crippen LogP contribution in [0.3, 0.4) is 0 Å². The molecule has 0 unspecified atom stereocenters. The van der Waals surface area contributed by atoms with E-state index in [1.54, 1.807) is 12.1 Å². The maximum atomic E-state index is 12.1. The lowest BCUT2D eigenvalue weighted by Gasteiger charge is -2.31. The molecule has 2 N–H and O–H groups in total. The number of ether oxygens (including phenoxy) is 1. The van der Waals surface area contributed by atoms with E-state index in [4.69, 9.17) is 4.74 Å². The third-order valence-corrected chi connectivity index (χ3v) is 3.40. The number of anilines is 1. The number of quaternary nitrogens is 1. The predicted octanol–water partition coefficient (Wildman–Crippen LogP) is 0.225. The van der Waals surface area contributed by atoms with Crippen LogP contribution in [-0.4, -0.2) is 42.7 Å². The van der Waals surface area contributed by atoms with E-state index in [1.165, 1.54) is 12.1 Å². The number of morpholine rings is 1. The first-order chi connectivity index (χ1) is 9.95. The fourth-order valence-corrected chi connectivity index (χ4v) is 2.69. The van der Waals surface area contributed by atoms with Gasteiger partial charge in [-0.3, -0.25) is 14.9 Å². The van der Waals surface area contributed by atoms with Crippen LogP contribution in [0.25, 0.3) is 0 Å². The van der Waals surface area contributed by atoms with E-state index in [0.717, 1.165) is 18.0 Å². The summed E-state index contributed by atoms with van der Waals surface area (Å²) in [5.74, 6) is -0.222. The van der Waals surface area contributed by atoms with Crippen molar-refractivity contribution in [3.05, 3.63) is 34.4 Å². The lowest BCUT2D eigenvalue weighted by atomic mass is 10.2. The molecule has 1 saturated heterocycles. The van der Waals surface area contributed by atoms with Crippen molar-refractivity contribution < 1.29 is 19.4 Å². The summed E-state index contributed by atoms with van der Waals surface area (Å²) in [7, 11) is 0. The van der Waals surface area contributed by atoms with Crippen molar-refractivity contribution in [2.24, 2.45) is 0 Å². The van der Waals surface area contributed by atoms with Gasteiger partial charge in [-0.1, -0.05) is 12.1 Å². The molecule has 1 aliphatic heterocycles. The maximum absolute atomic E-state index is 12.1. The van der Waals surface area contributed by atoms with Gasteiger partial charge in [-0.15, -0.1) is 0 Å². The predicted molar refractivity (Wildman–Crippen MR) is 77.3 cm³/mol. The van der Waals surface area contributed by atoms with E-state index in [-0.39, 0.29) is 36.0 Å². The highest BCUT2D eigenvalue weighted by Crippen LogP contribution is 2.22. The third kappa shape index (κ3) is 4.24. The van der Waals surface area contributed by atoms with Gasteiger partial charge in [0.2, 0.25) is 0 Å². The lowest BCUT2D eigenvalue weighted by Crippen LogP contribution is -3.16. The highest BCUT2D eigenvalue weighted by atomic mass is 16.6. The molecule has 7 nitrogen and oxygen atoms in total. The number of para-hydroxylation sites is 2. The molecule has 0 aromatic heterocycles. The Balaban J connectivity index is 1.97. The van der Waals surface area contributed by atoms with E-state index in [1.807, 2.05) is 13.8 Å². The standard InChI is InChI=1S/C14H19N3O4/c1-10-7-16(8-11(2)21-10)9-14(18)15-12-5-3-4-6-13(12)17(19)20/h3-6,10-11H,7-9H2,1-2H3,(H,15,18)/p+1/t10-,11-/m0/s1. The van der Waals surface area contributed by atoms with Gasteiger partial charge in [0, 0.05) is 6.07 Å². The van der Waals surface area contributed by atoms with Gasteiger partial charge in [-0.25, -0.2) is 0 Å². The number of hydrogen-bond donors (Lipinski definition) is 2. The Bertz CT molecular complexity index is 525. The number of rotatable bonds is 4. The summed E-state index contributed by atoms with van der Waals surface area (Å²) in [4.78, 5) is 23.6. The molecule has 7 heteroatoms. The van der Waals surface area contributed by atoms with Crippen molar-refractivity contribution in [2.75, 3.05) is 25.0 Å². The number of nitrogens with zero attached hydrogens (tertiary/aromatic N) is 1. The van der Waals surface area contributed by atoms with Gasteiger partial charge in [0.05, 0.1) is 4.92 Å². The fraction of sp³-hybridized carbons (Fsp3) is 0.500. The summed E-state index contributed by atoms with van der Waals surface area (Å²) in [6.45, 7) is 5.76. The molecule has 114 valence electrons. The van der Waals surface area contributed by atoms with Gasteiger partial charge >= 0.3 is 0 Å². The minimum absolute atomic E-state index is 0.0930. The Labute approximate surface area is 123 Å². The van der Waals surface area contributed by atoms with Gasteiger partial charge < -0.3 is 15.0 Å². The maximum Gasteiger partial charge on any atom is 0.292 e. The quantitative estimate of drug-likeness (QED) is 0.614. The van der Waals surface area contributed by atoms with Crippen LogP contribution in [0.5, 0.6) is 0 Å². The summed E-state index contributed by atoms with van der Waals surface area (Å²) in [6, 6.07) is 6.15. The molecule has 1 aromatic carbocycles. The van der Waals surface area contributed by atoms with E-state index in [9.17, 15) is 14.9 Å². The Morgan fingerprint density at radius 2 is 2.00 bits per heavy atom. The summed E-state index contributed by atoms with van der Waals surface area (Å²) in [5.41, 5.74) is 0.144. The highest BCUT2D eigenvalue weighted by Gasteiger charge is 2.27. The zero-order valence-corrected chi connectivity index (χ0v) is 12.2. The molecule has 0 bridgehead atoms. The first-order valence-corrected chi connectivity index (χ1v) is 6.98. The molecule has 2 atom stereocenters. The molecule has 0 radical (unpaired) electrons. The van der Waals surface area contributed by atoms with Crippen LogP contribution in [0.15, 0.2) is 24.3 Å². The van der Waals surface area contributed by atoms with Crippen LogP contribution in [0.2, 0.25) is 0 Å². The molecule has 0 spiro atoms. The second-order valence-electron chi connectivity index (χ2n) is 5.41. The largest absolute Gasteiger partial charge is 0.364 e. The summed E-state index contributed by atoms with van der Waals surface area (Å²) < 4.78 is 5.62. The zero-order valence-electron chi connectivity index (χ0n) is 12.2. The molecular weight excluding hydrogens is 274 g/mol. The van der Waals surface area contributed by atoms with Gasteiger partial charge in [-0.05, 0) is 19.9 Å². The van der Waals surface area contributed by atoms with Gasteiger partial charge in [0.25, 0.3) is 11.6 Å². The van der Waals surface area contributed by atoms with Crippen molar-refractivity contribution in [2.45, 2.75) is 26.1 Å². The van der Waals surface area contributed by atoms with Crippen LogP contribution in [-0.2, 0) is 9.53 Å². The number of benzene rings is 1. The monoisotopic (exact) mass is 294 g/mol. The molecular formula is C14H20N3O4+. The molecule has 21 heavy (non-hydrogen) atoms. The van der Waals surface area contributed by atoms with E-state index < -0.39 is 4.92 Å². The second-order valence-corrected chi connectivity index (χ2v) is 5.41. The lowest BCUT2D eigenvalue weighted by molar-refractivity contribution is -0.907. The van der Waals surface area contributed by atoms with Crippen molar-refractivity contribution >= 4 is 17.3 Å².